The second kappa shape index (κ2) is 3.56. The van der Waals surface area contributed by atoms with Crippen molar-refractivity contribution in [3.8, 4) is 0 Å². The van der Waals surface area contributed by atoms with Gasteiger partial charge in [0.2, 0.25) is 0 Å². The minimum Gasteiger partial charge on any atom is -0.306 e. The van der Waals surface area contributed by atoms with Crippen molar-refractivity contribution in [2.45, 2.75) is 0 Å². The number of hydrogen-bond acceptors (Lipinski definition) is 3. The lowest BCUT2D eigenvalue weighted by Gasteiger charge is -1.66. The van der Waals surface area contributed by atoms with E-state index < -0.39 is 0 Å². The maximum atomic E-state index is 7.44. The summed E-state index contributed by atoms with van der Waals surface area (Å²) in [5.74, 6) is 0. The summed E-state index contributed by atoms with van der Waals surface area (Å²) >= 11 is 4.52. The predicted octanol–water partition coefficient (Wildman–Crippen LogP) is 1.28. The summed E-state index contributed by atoms with van der Waals surface area (Å²) in [5.41, 5.74) is 0. The fraction of sp³-hybridized carbons (Fsp3) is 0. The fourth-order valence-corrected chi connectivity index (χ4v) is 0. The van der Waals surface area contributed by atoms with Crippen molar-refractivity contribution in [3.63, 3.8) is 0 Å². The minimum atomic E-state index is 0.122. The third-order valence-electron chi connectivity index (χ3n) is 0.0282. The highest BCUT2D eigenvalue weighted by atomic mass is 35.5. The van der Waals surface area contributed by atoms with Gasteiger partial charge >= 0.3 is 0 Å². The summed E-state index contributed by atoms with van der Waals surface area (Å²) in [5, 5.41) is 0. The zero-order valence-electron chi connectivity index (χ0n) is 1.64. The molecule has 0 aliphatic carbocycles. The van der Waals surface area contributed by atoms with Gasteiger partial charge in [-0.05, 0) is 0 Å². The van der Waals surface area contributed by atoms with E-state index in [1.807, 2.05) is 0 Å². The van der Waals surface area contributed by atoms with Crippen LogP contribution in [0.15, 0.2) is 0 Å². The lowest BCUT2D eigenvalue weighted by molar-refractivity contribution is 0.571. The van der Waals surface area contributed by atoms with E-state index in [0.29, 0.717) is 0 Å². The van der Waals surface area contributed by atoms with Crippen LogP contribution in [0.5, 0.6) is 0 Å². The number of hydrogen-bond donors (Lipinski definition) is 1. The van der Waals surface area contributed by atoms with Crippen molar-refractivity contribution in [1.82, 2.24) is 0 Å². The molecule has 0 unspecified atom stereocenters. The maximum Gasteiger partial charge on any atom is 0.175 e. The van der Waals surface area contributed by atoms with Crippen molar-refractivity contribution >= 4 is 24.2 Å². The van der Waals surface area contributed by atoms with Crippen LogP contribution < -0.4 is 0 Å². The normalized spacial score (nSPS) is 7.50. The van der Waals surface area contributed by atoms with Gasteiger partial charge in [0.25, 0.3) is 0 Å². The van der Waals surface area contributed by atoms with Gasteiger partial charge < -0.3 is 4.55 Å². The van der Waals surface area contributed by atoms with Crippen LogP contribution in [0.1, 0.15) is 0 Å². The molecular formula is HClO2S. The van der Waals surface area contributed by atoms with Gasteiger partial charge in [-0.1, -0.05) is 0 Å². The molecule has 0 aromatic heterocycles. The Kier molecular flexibility index (Phi) is 4.06. The highest BCUT2D eigenvalue weighted by molar-refractivity contribution is 7.89. The van der Waals surface area contributed by atoms with Gasteiger partial charge in [0.1, 0.15) is 0 Å². The first kappa shape index (κ1) is 4.56. The first-order chi connectivity index (χ1) is 1.91. The molecule has 1 N–H and O–H groups in total. The van der Waals surface area contributed by atoms with Crippen LogP contribution in [0, 0.1) is 0 Å². The van der Waals surface area contributed by atoms with E-state index >= 15 is 0 Å². The molecule has 0 saturated heterocycles. The molecule has 2 nitrogen and oxygen atoms in total. The third-order valence-corrected chi connectivity index (χ3v) is 0.254. The average Bonchev–Trinajstić information content (AvgIpc) is 1.37. The Balaban J connectivity index is 1.97. The molecule has 4 heteroatoms. The molecule has 0 rings (SSSR count). The zero-order valence-corrected chi connectivity index (χ0v) is 3.21. The molecule has 26 valence electrons. The molecule has 0 saturated carbocycles. The van der Waals surface area contributed by atoms with Gasteiger partial charge in [-0.25, -0.2) is 0 Å². The molecule has 0 aromatic rings. The van der Waals surface area contributed by atoms with Crippen LogP contribution in [0.2, 0.25) is 0 Å². The Morgan fingerprint density at radius 2 is 2.25 bits per heavy atom. The van der Waals surface area contributed by atoms with E-state index in [1.54, 1.807) is 0 Å². The van der Waals surface area contributed by atoms with Crippen LogP contribution in [0.3, 0.4) is 0 Å². The summed E-state index contributed by atoms with van der Waals surface area (Å²) in [4.78, 5) is 0. The van der Waals surface area contributed by atoms with E-state index in [0.717, 1.165) is 0 Å². The summed E-state index contributed by atoms with van der Waals surface area (Å²) < 4.78 is 10.9. The summed E-state index contributed by atoms with van der Waals surface area (Å²) in [7, 11) is 0. The molecule has 0 aliphatic rings. The van der Waals surface area contributed by atoms with Crippen molar-refractivity contribution in [2.75, 3.05) is 0 Å². The Labute approximate surface area is 33.3 Å². The molecule has 0 atom stereocenters. The first-order valence-electron chi connectivity index (χ1n) is 0.504. The standard InChI is InChI=1S/ClHO2S/c1-3-4-2/h2H. The van der Waals surface area contributed by atoms with Gasteiger partial charge in [-0.2, -0.15) is 3.74 Å². The van der Waals surface area contributed by atoms with Gasteiger partial charge in [0, 0.05) is 0 Å². The lowest BCUT2D eigenvalue weighted by atomic mass is 15.8. The van der Waals surface area contributed by atoms with E-state index in [9.17, 15) is 0 Å². The minimum absolute atomic E-state index is 0.122. The molecule has 0 aliphatic heterocycles. The molecular weight excluding hydrogens is 99.5 g/mol. The highest BCUT2D eigenvalue weighted by Crippen LogP contribution is 1.93. The number of rotatable bonds is 1. The van der Waals surface area contributed by atoms with Crippen LogP contribution >= 0.6 is 24.2 Å². The van der Waals surface area contributed by atoms with Crippen LogP contribution in [-0.2, 0) is 3.74 Å². The Hall–Kier alpha value is 0.560. The van der Waals surface area contributed by atoms with Crippen molar-refractivity contribution in [1.29, 1.82) is 0 Å². The predicted molar refractivity (Wildman–Crippen MR) is 17.2 cm³/mol. The molecule has 0 bridgehead atoms. The lowest BCUT2D eigenvalue weighted by Crippen LogP contribution is -1.41. The molecule has 0 amide bonds. The zero-order chi connectivity index (χ0) is 3.41. The van der Waals surface area contributed by atoms with Gasteiger partial charge in [0.05, 0.1) is 11.9 Å². The monoisotopic (exact) mass is 99.9 g/mol. The molecule has 4 heavy (non-hydrogen) atoms. The Bertz CT molecular complexity index is 8.00. The Morgan fingerprint density at radius 3 is 2.25 bits per heavy atom. The second-order valence-corrected chi connectivity index (χ2v) is 0.791. The van der Waals surface area contributed by atoms with Gasteiger partial charge in [-0.3, -0.25) is 0 Å². The summed E-state index contributed by atoms with van der Waals surface area (Å²) in [6, 6.07) is 0. The fourth-order valence-electron chi connectivity index (χ4n) is 0. The molecule has 0 spiro atoms. The van der Waals surface area contributed by atoms with Crippen LogP contribution in [0.25, 0.3) is 0 Å². The highest BCUT2D eigenvalue weighted by Gasteiger charge is 1.60. The topological polar surface area (TPSA) is 29.5 Å². The first-order valence-corrected chi connectivity index (χ1v) is 1.51. The van der Waals surface area contributed by atoms with Gasteiger partial charge in [0.15, 0.2) is 12.3 Å². The van der Waals surface area contributed by atoms with Crippen LogP contribution in [0.4, 0.5) is 0 Å². The molecule has 0 radical (unpaired) electrons. The quantitative estimate of drug-likeness (QED) is 0.504. The van der Waals surface area contributed by atoms with Crippen molar-refractivity contribution in [3.05, 3.63) is 0 Å². The number of halogens is 1. The average molecular weight is 101 g/mol. The van der Waals surface area contributed by atoms with E-state index in [4.69, 9.17) is 4.55 Å². The van der Waals surface area contributed by atoms with Crippen LogP contribution in [-0.4, -0.2) is 4.55 Å². The smallest absolute Gasteiger partial charge is 0.175 e. The maximum absolute atomic E-state index is 7.44. The van der Waals surface area contributed by atoms with E-state index in [2.05, 4.69) is 15.6 Å². The SMILES string of the molecule is OSOCl. The van der Waals surface area contributed by atoms with Gasteiger partial charge in [-0.15, -0.1) is 0 Å². The molecule has 0 aromatic carbocycles. The molecule has 0 fully saturated rings. The van der Waals surface area contributed by atoms with E-state index in [-0.39, 0.29) is 12.3 Å². The largest absolute Gasteiger partial charge is 0.306 e. The molecule has 0 heterocycles. The summed E-state index contributed by atoms with van der Waals surface area (Å²) in [6.07, 6.45) is 0. The summed E-state index contributed by atoms with van der Waals surface area (Å²) in [6.45, 7) is 0. The van der Waals surface area contributed by atoms with Crippen molar-refractivity contribution < 1.29 is 8.29 Å². The third kappa shape index (κ3) is 2.56. The van der Waals surface area contributed by atoms with Crippen molar-refractivity contribution in [2.24, 2.45) is 0 Å². The Morgan fingerprint density at radius 1 is 2.00 bits per heavy atom. The second-order valence-electron chi connectivity index (χ2n) is 0.138. The van der Waals surface area contributed by atoms with E-state index in [1.165, 1.54) is 0 Å².